The predicted octanol–water partition coefficient (Wildman–Crippen LogP) is 1.03. The molecule has 6 heteroatoms. The molecule has 0 spiro atoms. The van der Waals surface area contributed by atoms with E-state index in [2.05, 4.69) is 4.98 Å². The number of H-pyrrole nitrogens is 1. The lowest BCUT2D eigenvalue weighted by Crippen LogP contribution is -2.43. The molecule has 1 aromatic carbocycles. The number of aromatic amines is 1. The van der Waals surface area contributed by atoms with Crippen LogP contribution in [-0.4, -0.2) is 28.0 Å². The Balaban J connectivity index is 2.07. The van der Waals surface area contributed by atoms with Gasteiger partial charge in [0.2, 0.25) is 5.56 Å². The molecule has 6 nitrogen and oxygen atoms in total. The summed E-state index contributed by atoms with van der Waals surface area (Å²) in [4.78, 5) is 39.0. The zero-order valence-electron chi connectivity index (χ0n) is 10.9. The minimum atomic E-state index is -1.07. The van der Waals surface area contributed by atoms with Gasteiger partial charge in [0.1, 0.15) is 6.04 Å². The van der Waals surface area contributed by atoms with Crippen LogP contribution >= 0.6 is 0 Å². The molecule has 0 aliphatic carbocycles. The number of hydrogen-bond acceptors (Lipinski definition) is 3. The lowest BCUT2D eigenvalue weighted by molar-refractivity contribution is -0.138. The average molecular weight is 284 g/mol. The number of fused-ring (bicyclic) bond motifs is 1. The van der Waals surface area contributed by atoms with E-state index in [0.717, 1.165) is 5.56 Å². The first-order valence-corrected chi connectivity index (χ1v) is 6.41. The number of carboxylic acids is 1. The van der Waals surface area contributed by atoms with E-state index < -0.39 is 23.5 Å². The van der Waals surface area contributed by atoms with Gasteiger partial charge >= 0.3 is 5.97 Å². The van der Waals surface area contributed by atoms with E-state index in [1.54, 1.807) is 24.3 Å². The maximum absolute atomic E-state index is 12.6. The summed E-state index contributed by atoms with van der Waals surface area (Å²) in [5.41, 5.74) is 1.15. The van der Waals surface area contributed by atoms with Crippen molar-refractivity contribution in [1.29, 1.82) is 0 Å². The first kappa shape index (κ1) is 13.1. The molecule has 2 aromatic rings. The summed E-state index contributed by atoms with van der Waals surface area (Å²) in [5.74, 6) is -1.55. The average Bonchev–Trinajstić information content (AvgIpc) is 2.86. The summed E-state index contributed by atoms with van der Waals surface area (Å²) < 4.78 is 0. The normalized spacial score (nSPS) is 16.6. The number of nitrogens with zero attached hydrogens (tertiary/aromatic N) is 1. The first-order chi connectivity index (χ1) is 10.1. The van der Waals surface area contributed by atoms with Gasteiger partial charge < -0.3 is 10.1 Å². The van der Waals surface area contributed by atoms with Gasteiger partial charge in [-0.25, -0.2) is 4.79 Å². The fraction of sp³-hybridized carbons (Fsp3) is 0.133. The van der Waals surface area contributed by atoms with Crippen molar-refractivity contribution in [2.75, 3.05) is 4.90 Å². The van der Waals surface area contributed by atoms with Gasteiger partial charge in [-0.15, -0.1) is 0 Å². The van der Waals surface area contributed by atoms with E-state index in [0.29, 0.717) is 5.69 Å². The first-order valence-electron chi connectivity index (χ1n) is 6.41. The highest BCUT2D eigenvalue weighted by molar-refractivity contribution is 6.10. The molecule has 2 heterocycles. The van der Waals surface area contributed by atoms with Gasteiger partial charge in [0.05, 0.1) is 0 Å². The molecule has 0 fully saturated rings. The van der Waals surface area contributed by atoms with Crippen molar-refractivity contribution in [1.82, 2.24) is 4.98 Å². The lowest BCUT2D eigenvalue weighted by atomic mass is 10.1. The van der Waals surface area contributed by atoms with Crippen molar-refractivity contribution in [2.45, 2.75) is 12.5 Å². The van der Waals surface area contributed by atoms with E-state index in [1.165, 1.54) is 23.2 Å². The van der Waals surface area contributed by atoms with E-state index in [9.17, 15) is 19.5 Å². The highest BCUT2D eigenvalue weighted by Crippen LogP contribution is 2.33. The molecule has 21 heavy (non-hydrogen) atoms. The molecule has 106 valence electrons. The summed E-state index contributed by atoms with van der Waals surface area (Å²) in [6, 6.07) is 8.75. The third-order valence-electron chi connectivity index (χ3n) is 3.50. The Morgan fingerprint density at radius 1 is 1.24 bits per heavy atom. The second kappa shape index (κ2) is 4.90. The minimum Gasteiger partial charge on any atom is -0.480 e. The Morgan fingerprint density at radius 3 is 2.71 bits per heavy atom. The maximum Gasteiger partial charge on any atom is 0.327 e. The second-order valence-electron chi connectivity index (χ2n) is 4.80. The number of aliphatic carboxylic acids is 1. The molecule has 0 saturated heterocycles. The minimum absolute atomic E-state index is 0.168. The monoisotopic (exact) mass is 284 g/mol. The summed E-state index contributed by atoms with van der Waals surface area (Å²) in [6.07, 6.45) is 1.63. The molecule has 3 rings (SSSR count). The molecule has 1 aliphatic rings. The molecular formula is C15H12N2O4. The van der Waals surface area contributed by atoms with Gasteiger partial charge in [-0.05, 0) is 17.7 Å². The predicted molar refractivity (Wildman–Crippen MR) is 75.4 cm³/mol. The van der Waals surface area contributed by atoms with Crippen LogP contribution in [-0.2, 0) is 11.2 Å². The van der Waals surface area contributed by atoms with Crippen molar-refractivity contribution < 1.29 is 14.7 Å². The van der Waals surface area contributed by atoms with Crippen LogP contribution in [0.5, 0.6) is 0 Å². The number of anilines is 1. The van der Waals surface area contributed by atoms with Crippen LogP contribution in [0.3, 0.4) is 0 Å². The lowest BCUT2D eigenvalue weighted by Gasteiger charge is -2.22. The molecule has 0 saturated carbocycles. The molecule has 1 atom stereocenters. The number of benzene rings is 1. The van der Waals surface area contributed by atoms with Crippen LogP contribution in [0, 0.1) is 0 Å². The van der Waals surface area contributed by atoms with Gasteiger partial charge in [-0.1, -0.05) is 18.2 Å². The van der Waals surface area contributed by atoms with Gasteiger partial charge in [-0.3, -0.25) is 14.5 Å². The summed E-state index contributed by atoms with van der Waals surface area (Å²) in [6.45, 7) is 0. The van der Waals surface area contributed by atoms with Gasteiger partial charge in [-0.2, -0.15) is 0 Å². The number of para-hydroxylation sites is 1. The van der Waals surface area contributed by atoms with Gasteiger partial charge in [0.15, 0.2) is 0 Å². The molecule has 1 aliphatic heterocycles. The van der Waals surface area contributed by atoms with Gasteiger partial charge in [0, 0.05) is 29.9 Å². The SMILES string of the molecule is O=C(O)C1Cc2ccccc2N1C(=O)c1cc[nH]c(=O)c1. The largest absolute Gasteiger partial charge is 0.480 e. The smallest absolute Gasteiger partial charge is 0.327 e. The Kier molecular flexibility index (Phi) is 3.06. The van der Waals surface area contributed by atoms with Gasteiger partial charge in [0.25, 0.3) is 5.91 Å². The molecule has 1 amide bonds. The van der Waals surface area contributed by atoms with Crippen molar-refractivity contribution in [2.24, 2.45) is 0 Å². The fourth-order valence-corrected chi connectivity index (χ4v) is 2.55. The quantitative estimate of drug-likeness (QED) is 0.861. The Hall–Kier alpha value is -2.89. The summed E-state index contributed by atoms with van der Waals surface area (Å²) in [5, 5.41) is 9.34. The third-order valence-corrected chi connectivity index (χ3v) is 3.50. The van der Waals surface area contributed by atoms with E-state index in [1.807, 2.05) is 0 Å². The number of rotatable bonds is 2. The van der Waals surface area contributed by atoms with E-state index in [-0.39, 0.29) is 12.0 Å². The summed E-state index contributed by atoms with van der Waals surface area (Å²) >= 11 is 0. The molecular weight excluding hydrogens is 272 g/mol. The van der Waals surface area contributed by atoms with E-state index in [4.69, 9.17) is 0 Å². The van der Waals surface area contributed by atoms with Crippen molar-refractivity contribution >= 4 is 17.6 Å². The Bertz CT molecular complexity index is 781. The highest BCUT2D eigenvalue weighted by atomic mass is 16.4. The molecule has 1 unspecified atom stereocenters. The van der Waals surface area contributed by atoms with Crippen LogP contribution in [0.2, 0.25) is 0 Å². The van der Waals surface area contributed by atoms with Crippen LogP contribution < -0.4 is 10.5 Å². The summed E-state index contributed by atoms with van der Waals surface area (Å²) in [7, 11) is 0. The highest BCUT2D eigenvalue weighted by Gasteiger charge is 2.38. The van der Waals surface area contributed by atoms with Crippen molar-refractivity contribution in [3.8, 4) is 0 Å². The molecule has 0 bridgehead atoms. The maximum atomic E-state index is 12.6. The van der Waals surface area contributed by atoms with Crippen LogP contribution in [0.25, 0.3) is 0 Å². The number of amides is 1. The second-order valence-corrected chi connectivity index (χ2v) is 4.80. The number of hydrogen-bond donors (Lipinski definition) is 2. The Labute approximate surface area is 119 Å². The molecule has 0 radical (unpaired) electrons. The Morgan fingerprint density at radius 2 is 2.00 bits per heavy atom. The van der Waals surface area contributed by atoms with Crippen LogP contribution in [0.15, 0.2) is 47.4 Å². The number of pyridine rings is 1. The van der Waals surface area contributed by atoms with Crippen LogP contribution in [0.1, 0.15) is 15.9 Å². The zero-order chi connectivity index (χ0) is 15.0. The zero-order valence-corrected chi connectivity index (χ0v) is 10.9. The number of nitrogens with one attached hydrogen (secondary N) is 1. The van der Waals surface area contributed by atoms with E-state index >= 15 is 0 Å². The molecule has 1 aromatic heterocycles. The van der Waals surface area contributed by atoms with Crippen molar-refractivity contribution in [3.05, 3.63) is 64.1 Å². The van der Waals surface area contributed by atoms with Crippen molar-refractivity contribution in [3.63, 3.8) is 0 Å². The topological polar surface area (TPSA) is 90.5 Å². The number of carboxylic acid groups (broad SMARTS) is 1. The standard InChI is InChI=1S/C15H12N2O4/c18-13-8-10(5-6-16-13)14(19)17-11-4-2-1-3-9(11)7-12(17)15(20)21/h1-6,8,12H,7H2,(H,16,18)(H,20,21). The number of carbonyl (C=O) groups is 2. The number of aromatic nitrogens is 1. The molecule has 2 N–H and O–H groups in total. The number of carbonyl (C=O) groups excluding carboxylic acids is 1. The van der Waals surface area contributed by atoms with Crippen LogP contribution in [0.4, 0.5) is 5.69 Å². The fourth-order valence-electron chi connectivity index (χ4n) is 2.55. The third kappa shape index (κ3) is 2.20.